The molecule has 0 spiro atoms. The SMILES string of the molecule is COC(=O)c1cccc(NC(=O)[C@@H]2CCCN(S(=O)(=O)c3cccs3)C2)c1. The Kier molecular flexibility index (Phi) is 5.93. The second kappa shape index (κ2) is 8.20. The maximum Gasteiger partial charge on any atom is 0.337 e. The highest BCUT2D eigenvalue weighted by atomic mass is 32.2. The Bertz CT molecular complexity index is 925. The summed E-state index contributed by atoms with van der Waals surface area (Å²) < 4.78 is 31.7. The lowest BCUT2D eigenvalue weighted by Gasteiger charge is -2.30. The van der Waals surface area contributed by atoms with Crippen LogP contribution in [0.5, 0.6) is 0 Å². The summed E-state index contributed by atoms with van der Waals surface area (Å²) in [5.74, 6) is -1.20. The number of amides is 1. The molecule has 144 valence electrons. The molecule has 1 fully saturated rings. The Hall–Kier alpha value is -2.23. The van der Waals surface area contributed by atoms with E-state index in [9.17, 15) is 18.0 Å². The van der Waals surface area contributed by atoms with Gasteiger partial charge in [-0.3, -0.25) is 4.79 Å². The fourth-order valence-corrected chi connectivity index (χ4v) is 5.67. The van der Waals surface area contributed by atoms with Gasteiger partial charge < -0.3 is 10.1 Å². The molecular weight excluding hydrogens is 388 g/mol. The summed E-state index contributed by atoms with van der Waals surface area (Å²) in [6, 6.07) is 9.72. The van der Waals surface area contributed by atoms with Gasteiger partial charge in [0, 0.05) is 18.8 Å². The maximum atomic E-state index is 12.7. The molecule has 1 aromatic heterocycles. The van der Waals surface area contributed by atoms with E-state index in [0.29, 0.717) is 30.6 Å². The number of esters is 1. The standard InChI is InChI=1S/C18H20N2O5S2/c1-25-18(22)13-5-2-7-15(11-13)19-17(21)14-6-3-9-20(12-14)27(23,24)16-8-4-10-26-16/h2,4-5,7-8,10-11,14H,3,6,9,12H2,1H3,(H,19,21)/t14-/m1/s1. The van der Waals surface area contributed by atoms with Gasteiger partial charge in [-0.1, -0.05) is 12.1 Å². The molecule has 7 nitrogen and oxygen atoms in total. The molecular formula is C18H20N2O5S2. The van der Waals surface area contributed by atoms with Crippen molar-refractivity contribution in [1.29, 1.82) is 0 Å². The molecule has 0 saturated carbocycles. The summed E-state index contributed by atoms with van der Waals surface area (Å²) in [7, 11) is -2.28. The molecule has 1 amide bonds. The second-order valence-electron chi connectivity index (χ2n) is 6.20. The quantitative estimate of drug-likeness (QED) is 0.768. The lowest BCUT2D eigenvalue weighted by Crippen LogP contribution is -2.43. The van der Waals surface area contributed by atoms with E-state index in [-0.39, 0.29) is 16.7 Å². The Morgan fingerprint density at radius 2 is 2.07 bits per heavy atom. The van der Waals surface area contributed by atoms with Gasteiger partial charge in [0.25, 0.3) is 10.0 Å². The van der Waals surface area contributed by atoms with Crippen LogP contribution in [0.4, 0.5) is 5.69 Å². The van der Waals surface area contributed by atoms with Crippen molar-refractivity contribution in [2.45, 2.75) is 17.1 Å². The van der Waals surface area contributed by atoms with Crippen LogP contribution in [0.25, 0.3) is 0 Å². The topological polar surface area (TPSA) is 92.8 Å². The number of methoxy groups -OCH3 is 1. The lowest BCUT2D eigenvalue weighted by atomic mass is 9.98. The number of carbonyl (C=O) groups is 2. The van der Waals surface area contributed by atoms with Gasteiger partial charge in [-0.2, -0.15) is 4.31 Å². The Morgan fingerprint density at radius 3 is 2.78 bits per heavy atom. The lowest BCUT2D eigenvalue weighted by molar-refractivity contribution is -0.120. The minimum atomic E-state index is -3.57. The van der Waals surface area contributed by atoms with Crippen LogP contribution in [-0.4, -0.2) is 44.8 Å². The maximum absolute atomic E-state index is 12.7. The molecule has 2 aromatic rings. The van der Waals surface area contributed by atoms with Gasteiger partial charge in [0.1, 0.15) is 4.21 Å². The highest BCUT2D eigenvalue weighted by molar-refractivity contribution is 7.91. The van der Waals surface area contributed by atoms with Crippen molar-refractivity contribution in [2.24, 2.45) is 5.92 Å². The van der Waals surface area contributed by atoms with Crippen molar-refractivity contribution in [3.05, 3.63) is 47.3 Å². The fraction of sp³-hybridized carbons (Fsp3) is 0.333. The van der Waals surface area contributed by atoms with Crippen LogP contribution < -0.4 is 5.32 Å². The van der Waals surface area contributed by atoms with E-state index < -0.39 is 21.9 Å². The number of carbonyl (C=O) groups excluding carboxylic acids is 2. The molecule has 9 heteroatoms. The summed E-state index contributed by atoms with van der Waals surface area (Å²) in [5.41, 5.74) is 0.807. The van der Waals surface area contributed by atoms with E-state index in [1.165, 1.54) is 28.8 Å². The average molecular weight is 409 g/mol. The summed E-state index contributed by atoms with van der Waals surface area (Å²) in [4.78, 5) is 24.2. The van der Waals surface area contributed by atoms with Gasteiger partial charge in [-0.25, -0.2) is 13.2 Å². The molecule has 0 aliphatic carbocycles. The predicted molar refractivity (Wildman–Crippen MR) is 102 cm³/mol. The zero-order chi connectivity index (χ0) is 19.4. The molecule has 1 aliphatic heterocycles. The molecule has 1 N–H and O–H groups in total. The smallest absolute Gasteiger partial charge is 0.337 e. The monoisotopic (exact) mass is 408 g/mol. The third-order valence-corrected chi connectivity index (χ3v) is 7.63. The highest BCUT2D eigenvalue weighted by Gasteiger charge is 2.33. The molecule has 2 heterocycles. The van der Waals surface area contributed by atoms with Crippen LogP contribution >= 0.6 is 11.3 Å². The van der Waals surface area contributed by atoms with E-state index in [2.05, 4.69) is 10.1 Å². The Balaban J connectivity index is 1.70. The first-order valence-electron chi connectivity index (χ1n) is 8.44. The van der Waals surface area contributed by atoms with Crippen LogP contribution in [-0.2, 0) is 19.6 Å². The van der Waals surface area contributed by atoms with Crippen molar-refractivity contribution in [1.82, 2.24) is 4.31 Å². The number of ether oxygens (including phenoxy) is 1. The zero-order valence-electron chi connectivity index (χ0n) is 14.8. The highest BCUT2D eigenvalue weighted by Crippen LogP contribution is 2.27. The first-order chi connectivity index (χ1) is 12.9. The molecule has 1 aliphatic rings. The van der Waals surface area contributed by atoms with Crippen molar-refractivity contribution in [2.75, 3.05) is 25.5 Å². The van der Waals surface area contributed by atoms with E-state index in [0.717, 1.165) is 0 Å². The van der Waals surface area contributed by atoms with Crippen molar-refractivity contribution in [3.8, 4) is 0 Å². The fourth-order valence-electron chi connectivity index (χ4n) is 3.00. The normalized spacial score (nSPS) is 18.0. The van der Waals surface area contributed by atoms with Gasteiger partial charge in [0.05, 0.1) is 18.6 Å². The van der Waals surface area contributed by atoms with Gasteiger partial charge >= 0.3 is 5.97 Å². The minimum Gasteiger partial charge on any atom is -0.465 e. The van der Waals surface area contributed by atoms with E-state index in [1.807, 2.05) is 0 Å². The summed E-state index contributed by atoms with van der Waals surface area (Å²) >= 11 is 1.17. The number of thiophene rings is 1. The Labute approximate surface area is 162 Å². The largest absolute Gasteiger partial charge is 0.465 e. The second-order valence-corrected chi connectivity index (χ2v) is 9.31. The van der Waals surface area contributed by atoms with Gasteiger partial charge in [-0.05, 0) is 42.5 Å². The molecule has 0 unspecified atom stereocenters. The molecule has 1 aromatic carbocycles. The number of hydrogen-bond acceptors (Lipinski definition) is 6. The molecule has 0 bridgehead atoms. The minimum absolute atomic E-state index is 0.142. The molecule has 1 atom stereocenters. The number of rotatable bonds is 5. The third-order valence-electron chi connectivity index (χ3n) is 4.40. The first kappa shape index (κ1) is 19.5. The molecule has 3 rings (SSSR count). The van der Waals surface area contributed by atoms with Crippen LogP contribution in [0.3, 0.4) is 0 Å². The van der Waals surface area contributed by atoms with E-state index >= 15 is 0 Å². The predicted octanol–water partition coefficient (Wildman–Crippen LogP) is 2.57. The number of hydrogen-bond donors (Lipinski definition) is 1. The van der Waals surface area contributed by atoms with E-state index in [4.69, 9.17) is 0 Å². The van der Waals surface area contributed by atoms with Crippen molar-refractivity contribution >= 4 is 38.9 Å². The van der Waals surface area contributed by atoms with Crippen LogP contribution in [0.15, 0.2) is 46.0 Å². The Morgan fingerprint density at radius 1 is 1.26 bits per heavy atom. The summed E-state index contributed by atoms with van der Waals surface area (Å²) in [6.45, 7) is 0.546. The zero-order valence-corrected chi connectivity index (χ0v) is 16.4. The van der Waals surface area contributed by atoms with Crippen LogP contribution in [0.2, 0.25) is 0 Å². The van der Waals surface area contributed by atoms with Gasteiger partial charge in [-0.15, -0.1) is 11.3 Å². The number of benzene rings is 1. The number of piperidine rings is 1. The van der Waals surface area contributed by atoms with E-state index in [1.54, 1.807) is 35.7 Å². The van der Waals surface area contributed by atoms with Crippen LogP contribution in [0, 0.1) is 5.92 Å². The third kappa shape index (κ3) is 4.37. The van der Waals surface area contributed by atoms with Crippen molar-refractivity contribution in [3.63, 3.8) is 0 Å². The number of sulfonamides is 1. The summed E-state index contributed by atoms with van der Waals surface area (Å²) in [5, 5.41) is 4.49. The average Bonchev–Trinajstić information content (AvgIpc) is 3.23. The van der Waals surface area contributed by atoms with Crippen LogP contribution in [0.1, 0.15) is 23.2 Å². The van der Waals surface area contributed by atoms with Gasteiger partial charge in [0.2, 0.25) is 5.91 Å². The first-order valence-corrected chi connectivity index (χ1v) is 10.8. The molecule has 1 saturated heterocycles. The molecule has 27 heavy (non-hydrogen) atoms. The van der Waals surface area contributed by atoms with Gasteiger partial charge in [0.15, 0.2) is 0 Å². The number of anilines is 1. The number of nitrogens with one attached hydrogen (secondary N) is 1. The number of nitrogens with zero attached hydrogens (tertiary/aromatic N) is 1. The summed E-state index contributed by atoms with van der Waals surface area (Å²) in [6.07, 6.45) is 1.23. The van der Waals surface area contributed by atoms with Crippen molar-refractivity contribution < 1.29 is 22.7 Å². The molecule has 0 radical (unpaired) electrons.